The standard InChI is InChI=1S/C15H14/c1-15(2,13-9-5-3-6-10-13)14-11-7-4-8-12-14/h1,3-12H,2H3. The second-order valence-corrected chi connectivity index (χ2v) is 3.93. The Kier molecular flexibility index (Phi) is 2.59. The first kappa shape index (κ1) is 9.97. The summed E-state index contributed by atoms with van der Waals surface area (Å²) in [5, 5.41) is 0. The number of hydrogen-bond acceptors (Lipinski definition) is 0. The topological polar surface area (TPSA) is 0 Å². The summed E-state index contributed by atoms with van der Waals surface area (Å²) in [5.74, 6) is 0. The second-order valence-electron chi connectivity index (χ2n) is 3.93. The van der Waals surface area contributed by atoms with Crippen molar-refractivity contribution in [3.63, 3.8) is 0 Å². The summed E-state index contributed by atoms with van der Waals surface area (Å²) in [6.45, 7) is 8.40. The van der Waals surface area contributed by atoms with Crippen LogP contribution >= 0.6 is 0 Å². The molecule has 0 N–H and O–H groups in total. The largest absolute Gasteiger partial charge is 0.0622 e. The molecule has 0 fully saturated rings. The Labute approximate surface area is 91.6 Å². The van der Waals surface area contributed by atoms with E-state index in [0.717, 1.165) is 11.1 Å². The van der Waals surface area contributed by atoms with E-state index in [4.69, 9.17) is 6.92 Å². The molecule has 0 aliphatic rings. The monoisotopic (exact) mass is 194 g/mol. The van der Waals surface area contributed by atoms with E-state index in [2.05, 4.69) is 24.3 Å². The fourth-order valence-electron chi connectivity index (χ4n) is 1.74. The van der Waals surface area contributed by atoms with Gasteiger partial charge in [-0.1, -0.05) is 67.6 Å². The van der Waals surface area contributed by atoms with Gasteiger partial charge >= 0.3 is 0 Å². The summed E-state index contributed by atoms with van der Waals surface area (Å²) >= 11 is 0. The zero-order valence-corrected chi connectivity index (χ0v) is 8.85. The Balaban J connectivity index is 2.44. The van der Waals surface area contributed by atoms with Crippen molar-refractivity contribution in [3.05, 3.63) is 78.7 Å². The molecular formula is C15H14. The number of hydrogen-bond donors (Lipinski definition) is 0. The van der Waals surface area contributed by atoms with Crippen LogP contribution in [0.1, 0.15) is 18.1 Å². The van der Waals surface area contributed by atoms with Gasteiger partial charge in [0.25, 0.3) is 0 Å². The average Bonchev–Trinajstić information content (AvgIpc) is 2.31. The Morgan fingerprint density at radius 1 is 0.733 bits per heavy atom. The van der Waals surface area contributed by atoms with Crippen LogP contribution in [0.3, 0.4) is 0 Å². The van der Waals surface area contributed by atoms with Crippen LogP contribution in [-0.2, 0) is 5.41 Å². The van der Waals surface area contributed by atoms with Crippen molar-refractivity contribution in [2.24, 2.45) is 0 Å². The Hall–Kier alpha value is -1.56. The second kappa shape index (κ2) is 3.90. The minimum Gasteiger partial charge on any atom is -0.0622 e. The highest BCUT2D eigenvalue weighted by atomic mass is 14.2. The van der Waals surface area contributed by atoms with E-state index in [1.807, 2.05) is 43.3 Å². The van der Waals surface area contributed by atoms with Gasteiger partial charge in [0, 0.05) is 5.41 Å². The van der Waals surface area contributed by atoms with Gasteiger partial charge in [0.2, 0.25) is 0 Å². The predicted molar refractivity (Wildman–Crippen MR) is 63.6 cm³/mol. The molecule has 2 rings (SSSR count). The lowest BCUT2D eigenvalue weighted by Crippen LogP contribution is -2.18. The highest BCUT2D eigenvalue weighted by molar-refractivity contribution is 5.39. The maximum atomic E-state index is 6.36. The van der Waals surface area contributed by atoms with Gasteiger partial charge in [-0.25, -0.2) is 0 Å². The quantitative estimate of drug-likeness (QED) is 0.683. The average molecular weight is 194 g/mol. The van der Waals surface area contributed by atoms with Crippen LogP contribution in [0.15, 0.2) is 60.7 Å². The van der Waals surface area contributed by atoms with Gasteiger partial charge in [-0.05, 0) is 18.1 Å². The molecule has 0 spiro atoms. The van der Waals surface area contributed by atoms with Crippen LogP contribution in [0.2, 0.25) is 0 Å². The molecule has 0 saturated carbocycles. The molecule has 0 nitrogen and oxygen atoms in total. The Bertz CT molecular complexity index is 371. The fraction of sp³-hybridized carbons (Fsp3) is 0.133. The summed E-state index contributed by atoms with van der Waals surface area (Å²) in [6, 6.07) is 20.3. The summed E-state index contributed by atoms with van der Waals surface area (Å²) in [7, 11) is 0. The molecule has 0 aliphatic heterocycles. The van der Waals surface area contributed by atoms with Crippen molar-refractivity contribution in [3.8, 4) is 0 Å². The van der Waals surface area contributed by atoms with E-state index >= 15 is 0 Å². The first-order valence-corrected chi connectivity index (χ1v) is 5.11. The van der Waals surface area contributed by atoms with Crippen LogP contribution in [0, 0.1) is 6.92 Å². The molecule has 0 aliphatic carbocycles. The molecule has 2 aromatic rings. The van der Waals surface area contributed by atoms with Crippen LogP contribution in [-0.4, -0.2) is 0 Å². The molecule has 0 unspecified atom stereocenters. The molecule has 2 radical (unpaired) electrons. The van der Waals surface area contributed by atoms with Crippen LogP contribution in [0.5, 0.6) is 0 Å². The molecule has 74 valence electrons. The van der Waals surface area contributed by atoms with Gasteiger partial charge < -0.3 is 0 Å². The number of rotatable bonds is 2. The van der Waals surface area contributed by atoms with Crippen molar-refractivity contribution < 1.29 is 0 Å². The van der Waals surface area contributed by atoms with Gasteiger partial charge in [-0.2, -0.15) is 0 Å². The molecule has 0 atom stereocenters. The zero-order valence-electron chi connectivity index (χ0n) is 8.85. The summed E-state index contributed by atoms with van der Waals surface area (Å²) in [5.41, 5.74) is 1.86. The SMILES string of the molecule is [CH]C(C)(c1ccccc1)c1ccccc1. The lowest BCUT2D eigenvalue weighted by Gasteiger charge is -2.25. The normalized spacial score (nSPS) is 11.3. The van der Waals surface area contributed by atoms with Gasteiger partial charge in [-0.3, -0.25) is 0 Å². The lowest BCUT2D eigenvalue weighted by molar-refractivity contribution is 0.719. The Morgan fingerprint density at radius 2 is 1.07 bits per heavy atom. The lowest BCUT2D eigenvalue weighted by atomic mass is 9.78. The van der Waals surface area contributed by atoms with Crippen molar-refractivity contribution >= 4 is 0 Å². The van der Waals surface area contributed by atoms with Crippen LogP contribution in [0.25, 0.3) is 0 Å². The molecule has 15 heavy (non-hydrogen) atoms. The van der Waals surface area contributed by atoms with Gasteiger partial charge in [0.1, 0.15) is 0 Å². The molecule has 0 heterocycles. The van der Waals surface area contributed by atoms with E-state index in [0.29, 0.717) is 0 Å². The third-order valence-corrected chi connectivity index (χ3v) is 2.75. The summed E-state index contributed by atoms with van der Waals surface area (Å²) in [4.78, 5) is 0. The maximum absolute atomic E-state index is 6.36. The van der Waals surface area contributed by atoms with Gasteiger partial charge in [0.15, 0.2) is 0 Å². The summed E-state index contributed by atoms with van der Waals surface area (Å²) < 4.78 is 0. The van der Waals surface area contributed by atoms with Crippen molar-refractivity contribution in [1.82, 2.24) is 0 Å². The molecule has 0 saturated heterocycles. The Morgan fingerprint density at radius 3 is 1.40 bits per heavy atom. The molecular weight excluding hydrogens is 180 g/mol. The first-order chi connectivity index (χ1) is 7.21. The van der Waals surface area contributed by atoms with E-state index in [-0.39, 0.29) is 0 Å². The van der Waals surface area contributed by atoms with E-state index < -0.39 is 5.41 Å². The van der Waals surface area contributed by atoms with E-state index in [1.165, 1.54) is 0 Å². The molecule has 2 aromatic carbocycles. The highest BCUT2D eigenvalue weighted by Gasteiger charge is 2.22. The summed E-state index contributed by atoms with van der Waals surface area (Å²) in [6.07, 6.45) is 0. The van der Waals surface area contributed by atoms with E-state index in [1.54, 1.807) is 0 Å². The van der Waals surface area contributed by atoms with Crippen molar-refractivity contribution in [2.75, 3.05) is 0 Å². The highest BCUT2D eigenvalue weighted by Crippen LogP contribution is 2.30. The molecule has 0 aromatic heterocycles. The van der Waals surface area contributed by atoms with Crippen molar-refractivity contribution in [1.29, 1.82) is 0 Å². The van der Waals surface area contributed by atoms with Gasteiger partial charge in [0.05, 0.1) is 0 Å². The fourth-order valence-corrected chi connectivity index (χ4v) is 1.74. The minimum atomic E-state index is -0.414. The molecule has 0 amide bonds. The zero-order chi connectivity index (χ0) is 10.7. The molecule has 0 bridgehead atoms. The minimum absolute atomic E-state index is 0.414. The van der Waals surface area contributed by atoms with Crippen LogP contribution < -0.4 is 0 Å². The maximum Gasteiger partial charge on any atom is 0.0209 e. The third-order valence-electron chi connectivity index (χ3n) is 2.75. The molecule has 0 heteroatoms. The predicted octanol–water partition coefficient (Wildman–Crippen LogP) is 3.70. The smallest absolute Gasteiger partial charge is 0.0209 e. The van der Waals surface area contributed by atoms with Crippen molar-refractivity contribution in [2.45, 2.75) is 12.3 Å². The first-order valence-electron chi connectivity index (χ1n) is 5.11. The third kappa shape index (κ3) is 1.94. The van der Waals surface area contributed by atoms with Crippen LogP contribution in [0.4, 0.5) is 0 Å². The van der Waals surface area contributed by atoms with E-state index in [9.17, 15) is 0 Å². The van der Waals surface area contributed by atoms with Gasteiger partial charge in [-0.15, -0.1) is 0 Å². The number of benzene rings is 2.